The smallest absolute Gasteiger partial charge is 0.185 e. The zero-order chi connectivity index (χ0) is 13.7. The van der Waals surface area contributed by atoms with Crippen LogP contribution in [-0.4, -0.2) is 5.78 Å². The van der Waals surface area contributed by atoms with Gasteiger partial charge in [0.05, 0.1) is 11.6 Å². The lowest BCUT2D eigenvalue weighted by atomic mass is 10.1. The van der Waals surface area contributed by atoms with Crippen molar-refractivity contribution in [3.8, 4) is 6.07 Å². The van der Waals surface area contributed by atoms with Crippen LogP contribution in [0.3, 0.4) is 0 Å². The highest BCUT2D eigenvalue weighted by Crippen LogP contribution is 2.09. The summed E-state index contributed by atoms with van der Waals surface area (Å²) >= 11 is 0. The molecule has 0 amide bonds. The average molecular weight is 247 g/mol. The van der Waals surface area contributed by atoms with Crippen LogP contribution in [-0.2, 0) is 0 Å². The second kappa shape index (κ2) is 5.79. The molecule has 0 saturated heterocycles. The Balaban J connectivity index is 2.18. The van der Waals surface area contributed by atoms with E-state index in [0.717, 1.165) is 11.1 Å². The van der Waals surface area contributed by atoms with Crippen LogP contribution < -0.4 is 0 Å². The number of carbonyl (C=O) groups excluding carboxylic acids is 1. The van der Waals surface area contributed by atoms with Gasteiger partial charge in [-0.25, -0.2) is 0 Å². The average Bonchev–Trinajstić information content (AvgIpc) is 2.45. The summed E-state index contributed by atoms with van der Waals surface area (Å²) < 4.78 is 0. The highest BCUT2D eigenvalue weighted by Gasteiger charge is 2.01. The van der Waals surface area contributed by atoms with E-state index >= 15 is 0 Å². The van der Waals surface area contributed by atoms with E-state index in [9.17, 15) is 4.79 Å². The van der Waals surface area contributed by atoms with E-state index in [1.54, 1.807) is 30.3 Å². The molecule has 2 nitrogen and oxygen atoms in total. The summed E-state index contributed by atoms with van der Waals surface area (Å²) in [5, 5.41) is 8.81. The topological polar surface area (TPSA) is 40.9 Å². The molecular weight excluding hydrogens is 234 g/mol. The number of aryl methyl sites for hydroxylation is 1. The molecule has 0 N–H and O–H groups in total. The van der Waals surface area contributed by atoms with Crippen molar-refractivity contribution in [1.82, 2.24) is 0 Å². The lowest BCUT2D eigenvalue weighted by Crippen LogP contribution is -1.94. The summed E-state index contributed by atoms with van der Waals surface area (Å²) in [6, 6.07) is 16.7. The van der Waals surface area contributed by atoms with Crippen molar-refractivity contribution in [3.63, 3.8) is 0 Å². The van der Waals surface area contributed by atoms with Crippen molar-refractivity contribution in [3.05, 3.63) is 76.9 Å². The van der Waals surface area contributed by atoms with Crippen molar-refractivity contribution in [2.75, 3.05) is 0 Å². The number of allylic oxidation sites excluding steroid dienone is 1. The summed E-state index contributed by atoms with van der Waals surface area (Å²) in [5.41, 5.74) is 3.17. The van der Waals surface area contributed by atoms with E-state index in [4.69, 9.17) is 5.26 Å². The van der Waals surface area contributed by atoms with E-state index in [1.807, 2.05) is 31.2 Å². The third kappa shape index (κ3) is 3.40. The minimum atomic E-state index is -0.0361. The molecule has 0 aliphatic carbocycles. The molecule has 0 aliphatic heterocycles. The molecular formula is C17H13NO. The summed E-state index contributed by atoms with van der Waals surface area (Å²) in [5.74, 6) is -0.0361. The predicted molar refractivity (Wildman–Crippen MR) is 75.7 cm³/mol. The molecule has 0 saturated carbocycles. The molecule has 19 heavy (non-hydrogen) atoms. The molecule has 0 bridgehead atoms. The van der Waals surface area contributed by atoms with Crippen LogP contribution in [0.1, 0.15) is 27.0 Å². The molecule has 0 spiro atoms. The van der Waals surface area contributed by atoms with Gasteiger partial charge in [-0.15, -0.1) is 0 Å². The highest BCUT2D eigenvalue weighted by atomic mass is 16.1. The summed E-state index contributed by atoms with van der Waals surface area (Å²) in [7, 11) is 0. The number of benzene rings is 2. The standard InChI is InChI=1S/C17H13NO/c1-13-4-2-7-16(10-13)17(19)9-8-14-5-3-6-15(11-14)12-18/h2-11H,1H3/b9-8+. The molecule has 2 aromatic rings. The van der Waals surface area contributed by atoms with Gasteiger partial charge in [0.1, 0.15) is 0 Å². The predicted octanol–water partition coefficient (Wildman–Crippen LogP) is 3.76. The van der Waals surface area contributed by atoms with E-state index in [1.165, 1.54) is 6.08 Å². The molecule has 0 atom stereocenters. The van der Waals surface area contributed by atoms with Crippen molar-refractivity contribution in [1.29, 1.82) is 5.26 Å². The van der Waals surface area contributed by atoms with Crippen LogP contribution in [0.25, 0.3) is 6.08 Å². The molecule has 0 aromatic heterocycles. The first-order chi connectivity index (χ1) is 9.19. The van der Waals surface area contributed by atoms with Gasteiger partial charge in [-0.1, -0.05) is 42.0 Å². The second-order valence-corrected chi connectivity index (χ2v) is 4.30. The summed E-state index contributed by atoms with van der Waals surface area (Å²) in [4.78, 5) is 12.0. The fourth-order valence-corrected chi connectivity index (χ4v) is 1.78. The maximum atomic E-state index is 12.0. The lowest BCUT2D eigenvalue weighted by molar-refractivity contribution is 0.104. The third-order valence-electron chi connectivity index (χ3n) is 2.75. The number of nitrogens with zero attached hydrogens (tertiary/aromatic N) is 1. The highest BCUT2D eigenvalue weighted by molar-refractivity contribution is 6.06. The van der Waals surface area contributed by atoms with Crippen molar-refractivity contribution in [2.24, 2.45) is 0 Å². The van der Waals surface area contributed by atoms with Gasteiger partial charge in [-0.05, 0) is 36.8 Å². The monoisotopic (exact) mass is 247 g/mol. The SMILES string of the molecule is Cc1cccc(C(=O)/C=C/c2cccc(C#N)c2)c1. The quantitative estimate of drug-likeness (QED) is 0.612. The van der Waals surface area contributed by atoms with E-state index < -0.39 is 0 Å². The molecule has 0 heterocycles. The normalized spacial score (nSPS) is 10.3. The first-order valence-corrected chi connectivity index (χ1v) is 5.98. The van der Waals surface area contributed by atoms with Gasteiger partial charge < -0.3 is 0 Å². The Hall–Kier alpha value is -2.66. The number of carbonyl (C=O) groups is 1. The van der Waals surface area contributed by atoms with Gasteiger partial charge >= 0.3 is 0 Å². The molecule has 0 unspecified atom stereocenters. The van der Waals surface area contributed by atoms with E-state index in [2.05, 4.69) is 6.07 Å². The molecule has 2 rings (SSSR count). The maximum Gasteiger partial charge on any atom is 0.185 e. The first kappa shape index (κ1) is 12.8. The molecule has 0 fully saturated rings. The number of hydrogen-bond donors (Lipinski definition) is 0. The van der Waals surface area contributed by atoms with Crippen LogP contribution in [0.15, 0.2) is 54.6 Å². The van der Waals surface area contributed by atoms with Gasteiger partial charge in [-0.3, -0.25) is 4.79 Å². The Morgan fingerprint density at radius 1 is 1.16 bits per heavy atom. The Morgan fingerprint density at radius 3 is 2.68 bits per heavy atom. The summed E-state index contributed by atoms with van der Waals surface area (Å²) in [6.07, 6.45) is 3.26. The largest absolute Gasteiger partial charge is 0.289 e. The van der Waals surface area contributed by atoms with Crippen LogP contribution in [0.5, 0.6) is 0 Å². The number of ketones is 1. The van der Waals surface area contributed by atoms with Gasteiger partial charge in [-0.2, -0.15) is 5.26 Å². The third-order valence-corrected chi connectivity index (χ3v) is 2.75. The zero-order valence-electron chi connectivity index (χ0n) is 10.6. The Morgan fingerprint density at radius 2 is 1.95 bits per heavy atom. The first-order valence-electron chi connectivity index (χ1n) is 5.98. The fraction of sp³-hybridized carbons (Fsp3) is 0.0588. The molecule has 0 radical (unpaired) electrons. The zero-order valence-corrected chi connectivity index (χ0v) is 10.6. The van der Waals surface area contributed by atoms with Crippen molar-refractivity contribution < 1.29 is 4.79 Å². The van der Waals surface area contributed by atoms with Crippen LogP contribution in [0.2, 0.25) is 0 Å². The summed E-state index contributed by atoms with van der Waals surface area (Å²) in [6.45, 7) is 1.96. The molecule has 2 aromatic carbocycles. The number of rotatable bonds is 3. The Kier molecular flexibility index (Phi) is 3.90. The van der Waals surface area contributed by atoms with Gasteiger partial charge in [0, 0.05) is 5.56 Å². The lowest BCUT2D eigenvalue weighted by Gasteiger charge is -1.98. The van der Waals surface area contributed by atoms with E-state index in [-0.39, 0.29) is 5.78 Å². The number of nitriles is 1. The maximum absolute atomic E-state index is 12.0. The van der Waals surface area contributed by atoms with Crippen molar-refractivity contribution in [2.45, 2.75) is 6.92 Å². The number of hydrogen-bond acceptors (Lipinski definition) is 2. The molecule has 2 heteroatoms. The van der Waals surface area contributed by atoms with Crippen LogP contribution in [0, 0.1) is 18.3 Å². The van der Waals surface area contributed by atoms with Gasteiger partial charge in [0.15, 0.2) is 5.78 Å². The van der Waals surface area contributed by atoms with Crippen LogP contribution in [0.4, 0.5) is 0 Å². The van der Waals surface area contributed by atoms with Gasteiger partial charge in [0.2, 0.25) is 0 Å². The van der Waals surface area contributed by atoms with Crippen LogP contribution >= 0.6 is 0 Å². The second-order valence-electron chi connectivity index (χ2n) is 4.30. The van der Waals surface area contributed by atoms with Gasteiger partial charge in [0.25, 0.3) is 0 Å². The Bertz CT molecular complexity index is 678. The molecule has 92 valence electrons. The minimum Gasteiger partial charge on any atom is -0.289 e. The minimum absolute atomic E-state index is 0.0361. The molecule has 0 aliphatic rings. The van der Waals surface area contributed by atoms with Crippen molar-refractivity contribution >= 4 is 11.9 Å². The Labute approximate surface area is 112 Å². The fourth-order valence-electron chi connectivity index (χ4n) is 1.78. The van der Waals surface area contributed by atoms with E-state index in [0.29, 0.717) is 11.1 Å².